The van der Waals surface area contributed by atoms with E-state index >= 15 is 0 Å². The zero-order valence-electron chi connectivity index (χ0n) is 28.1. The molecule has 11 heteroatoms. The van der Waals surface area contributed by atoms with Crippen molar-refractivity contribution in [2.45, 2.75) is 127 Å². The van der Waals surface area contributed by atoms with Crippen LogP contribution in [0.25, 0.3) is 0 Å². The van der Waals surface area contributed by atoms with Gasteiger partial charge in [-0.2, -0.15) is 12.6 Å². The molecule has 0 saturated heterocycles. The molecular weight excluding hydrogens is 629 g/mol. The van der Waals surface area contributed by atoms with Gasteiger partial charge in [0.1, 0.15) is 4.93 Å². The summed E-state index contributed by atoms with van der Waals surface area (Å²) in [5, 5.41) is 58.5. The van der Waals surface area contributed by atoms with E-state index in [-0.39, 0.29) is 29.2 Å². The third kappa shape index (κ3) is 5.07. The Kier molecular flexibility index (Phi) is 9.49. The lowest BCUT2D eigenvalue weighted by atomic mass is 9.37. The first kappa shape index (κ1) is 36.2. The van der Waals surface area contributed by atoms with Crippen LogP contribution in [0.1, 0.15) is 87.0 Å². The number of aliphatic hydroxyl groups is 5. The van der Waals surface area contributed by atoms with Crippen molar-refractivity contribution in [1.29, 1.82) is 0 Å². The Morgan fingerprint density at radius 2 is 1.65 bits per heavy atom. The highest BCUT2D eigenvalue weighted by Gasteiger charge is 2.73. The second-order valence-corrected chi connectivity index (χ2v) is 17.7. The number of ether oxygens (including phenoxy) is 2. The van der Waals surface area contributed by atoms with Gasteiger partial charge in [-0.1, -0.05) is 45.4 Å². The molecule has 14 atom stereocenters. The molecule has 5 rings (SSSR count). The number of thiol groups is 2. The van der Waals surface area contributed by atoms with Gasteiger partial charge in [0.05, 0.1) is 36.3 Å². The summed E-state index contributed by atoms with van der Waals surface area (Å²) in [4.78, 5) is 24.2. The normalized spacial score (nSPS) is 50.4. The maximum absolute atomic E-state index is 13.2. The largest absolute Gasteiger partial charge is 0.457 e. The summed E-state index contributed by atoms with van der Waals surface area (Å²) < 4.78 is 11.2. The molecule has 5 aliphatic rings. The van der Waals surface area contributed by atoms with Gasteiger partial charge in [-0.15, -0.1) is 12.6 Å². The molecule has 0 aromatic rings. The van der Waals surface area contributed by atoms with Gasteiger partial charge in [-0.05, 0) is 87.9 Å². The molecule has 9 nitrogen and oxygen atoms in total. The quantitative estimate of drug-likeness (QED) is 0.0758. The summed E-state index contributed by atoms with van der Waals surface area (Å²) in [5.41, 5.74) is -1.29. The highest BCUT2D eigenvalue weighted by atomic mass is 32.1. The smallest absolute Gasteiger partial charge is 0.333 e. The van der Waals surface area contributed by atoms with Crippen molar-refractivity contribution in [1.82, 2.24) is 0 Å². The third-order valence-electron chi connectivity index (χ3n) is 13.4. The SMILES string of the molecule is C/C=C(/C)C(=O)O[C@H]1[C@H](OC(=O)C(C)C)[C@@]2(CO)C(C[C@]1(O)S)C1=CCC3[C@@](C)(CCC4[C@]3(C)CC[C@H](O)[C@@]4(C)S)C1[C@@H](O)[C@H]2O. The predicted octanol–water partition coefficient (Wildman–Crippen LogP) is 3.61. The third-order valence-corrected chi connectivity index (χ3v) is 14.4. The van der Waals surface area contributed by atoms with E-state index in [9.17, 15) is 35.1 Å². The van der Waals surface area contributed by atoms with E-state index in [0.717, 1.165) is 24.8 Å². The van der Waals surface area contributed by atoms with E-state index in [1.165, 1.54) is 0 Å². The minimum atomic E-state index is -2.00. The highest BCUT2D eigenvalue weighted by molar-refractivity contribution is 7.82. The molecule has 0 aromatic heterocycles. The minimum Gasteiger partial charge on any atom is -0.457 e. The van der Waals surface area contributed by atoms with Crippen LogP contribution in [0.15, 0.2) is 23.3 Å². The van der Waals surface area contributed by atoms with Crippen LogP contribution >= 0.6 is 25.3 Å². The van der Waals surface area contributed by atoms with Crippen molar-refractivity contribution in [3.8, 4) is 0 Å². The van der Waals surface area contributed by atoms with E-state index in [0.29, 0.717) is 12.8 Å². The molecule has 5 aliphatic carbocycles. The van der Waals surface area contributed by atoms with Crippen LogP contribution in [0.4, 0.5) is 0 Å². The summed E-state index contributed by atoms with van der Waals surface area (Å²) in [6.07, 6.45) is 0.632. The topological polar surface area (TPSA) is 154 Å². The van der Waals surface area contributed by atoms with Crippen LogP contribution in [0.2, 0.25) is 0 Å². The van der Waals surface area contributed by atoms with E-state index in [4.69, 9.17) is 22.1 Å². The van der Waals surface area contributed by atoms with Gasteiger partial charge in [0.15, 0.2) is 12.2 Å². The number of esters is 2. The number of allylic oxidation sites excluding steroid dienone is 2. The number of hydrogen-bond acceptors (Lipinski definition) is 11. The molecule has 0 bridgehead atoms. The van der Waals surface area contributed by atoms with Gasteiger partial charge in [-0.25, -0.2) is 4.79 Å². The lowest BCUT2D eigenvalue weighted by Crippen LogP contribution is -2.75. The van der Waals surface area contributed by atoms with Crippen LogP contribution in [0, 0.1) is 45.8 Å². The molecule has 4 unspecified atom stereocenters. The fourth-order valence-corrected chi connectivity index (χ4v) is 11.6. The molecule has 0 radical (unpaired) electrons. The van der Waals surface area contributed by atoms with E-state index in [1.807, 2.05) is 6.92 Å². The summed E-state index contributed by atoms with van der Waals surface area (Å²) in [5.74, 6) is -3.04. The molecule has 0 heterocycles. The number of fused-ring (bicyclic) bond motifs is 7. The second-order valence-electron chi connectivity index (χ2n) is 16.0. The Morgan fingerprint density at radius 1 is 1.02 bits per heavy atom. The number of hydrogen-bond donors (Lipinski definition) is 7. The maximum atomic E-state index is 13.2. The summed E-state index contributed by atoms with van der Waals surface area (Å²) >= 11 is 9.62. The Labute approximate surface area is 284 Å². The Morgan fingerprint density at radius 3 is 2.24 bits per heavy atom. The van der Waals surface area contributed by atoms with Gasteiger partial charge in [0.2, 0.25) is 0 Å². The number of aliphatic hydroxyl groups excluding tert-OH is 4. The van der Waals surface area contributed by atoms with E-state index < -0.39 is 87.3 Å². The predicted molar refractivity (Wildman–Crippen MR) is 179 cm³/mol. The zero-order valence-corrected chi connectivity index (χ0v) is 29.9. The van der Waals surface area contributed by atoms with Crippen molar-refractivity contribution in [3.63, 3.8) is 0 Å². The molecule has 4 fully saturated rings. The average molecular weight is 683 g/mol. The van der Waals surface area contributed by atoms with Crippen LogP contribution in [0.5, 0.6) is 0 Å². The first-order valence-electron chi connectivity index (χ1n) is 16.8. The minimum absolute atomic E-state index is 0.112. The molecule has 0 amide bonds. The number of rotatable bonds is 5. The maximum Gasteiger partial charge on any atom is 0.333 e. The average Bonchev–Trinajstić information content (AvgIpc) is 2.98. The fourth-order valence-electron chi connectivity index (χ4n) is 10.7. The molecule has 260 valence electrons. The Balaban J connectivity index is 1.64. The molecule has 0 aliphatic heterocycles. The van der Waals surface area contributed by atoms with Crippen LogP contribution in [0.3, 0.4) is 0 Å². The van der Waals surface area contributed by atoms with Crippen molar-refractivity contribution in [2.24, 2.45) is 45.8 Å². The molecule has 4 saturated carbocycles. The molecule has 0 spiro atoms. The van der Waals surface area contributed by atoms with Gasteiger partial charge in [0.25, 0.3) is 0 Å². The molecule has 46 heavy (non-hydrogen) atoms. The van der Waals surface area contributed by atoms with E-state index in [1.54, 1.807) is 33.8 Å². The van der Waals surface area contributed by atoms with Crippen molar-refractivity contribution in [2.75, 3.05) is 6.61 Å². The Bertz CT molecular complexity index is 1290. The summed E-state index contributed by atoms with van der Waals surface area (Å²) in [7, 11) is 0. The molecule has 0 aromatic carbocycles. The van der Waals surface area contributed by atoms with Crippen LogP contribution in [-0.2, 0) is 19.1 Å². The molecule has 5 N–H and O–H groups in total. The van der Waals surface area contributed by atoms with Gasteiger partial charge in [0, 0.05) is 16.2 Å². The van der Waals surface area contributed by atoms with Crippen molar-refractivity contribution >= 4 is 37.2 Å². The van der Waals surface area contributed by atoms with Gasteiger partial charge in [-0.3, -0.25) is 4.79 Å². The number of carbonyl (C=O) groups excluding carboxylic acids is 2. The zero-order chi connectivity index (χ0) is 34.4. The monoisotopic (exact) mass is 682 g/mol. The van der Waals surface area contributed by atoms with Gasteiger partial charge < -0.3 is 35.0 Å². The highest BCUT2D eigenvalue weighted by Crippen LogP contribution is 2.71. The lowest BCUT2D eigenvalue weighted by Gasteiger charge is -2.69. The van der Waals surface area contributed by atoms with Crippen molar-refractivity contribution in [3.05, 3.63) is 23.3 Å². The van der Waals surface area contributed by atoms with Crippen molar-refractivity contribution < 1.29 is 44.6 Å². The summed E-state index contributed by atoms with van der Waals surface area (Å²) in [6, 6.07) is 0. The Hall–Kier alpha value is -1.08. The van der Waals surface area contributed by atoms with Gasteiger partial charge >= 0.3 is 11.9 Å². The standard InChI is InChI=1S/C35H54O9S2/c1-8-18(4)30(41)44-28-27(43-29(40)17(2)3)34(16-36)20(15-35(28,42)46)19-9-10-21-31(5)14-12-23(37)33(7,45)22(31)11-13-32(21,6)24(19)25(38)26(34)39/h8-9,17,20-28,36-39,42,45-46H,10-16H2,1-7H3/b18-8-/t20?,21?,22?,23-,24?,25+,26+,27-,28-,31+,32+,33-,34-,35-/m0/s1. The lowest BCUT2D eigenvalue weighted by molar-refractivity contribution is -0.276. The first-order valence-corrected chi connectivity index (χ1v) is 17.7. The first-order chi connectivity index (χ1) is 21.2. The molecular formula is C35H54O9S2. The fraction of sp³-hybridized carbons (Fsp3) is 0.829. The van der Waals surface area contributed by atoms with E-state index in [2.05, 4.69) is 32.6 Å². The number of carbonyl (C=O) groups is 2. The summed E-state index contributed by atoms with van der Waals surface area (Å²) in [6.45, 7) is 12.3. The van der Waals surface area contributed by atoms with Crippen LogP contribution < -0.4 is 0 Å². The second kappa shape index (κ2) is 12.1. The van der Waals surface area contributed by atoms with Crippen LogP contribution in [-0.4, -0.2) is 84.3 Å².